The van der Waals surface area contributed by atoms with Gasteiger partial charge in [-0.15, -0.1) is 5.54 Å². The Labute approximate surface area is 111 Å². The summed E-state index contributed by atoms with van der Waals surface area (Å²) in [6.07, 6.45) is 5.31. The van der Waals surface area contributed by atoms with Crippen LogP contribution in [0, 0.1) is 11.5 Å². The molecule has 0 aromatic heterocycles. The van der Waals surface area contributed by atoms with Gasteiger partial charge in [-0.1, -0.05) is 62.0 Å². The van der Waals surface area contributed by atoms with Gasteiger partial charge < -0.3 is 4.74 Å². The van der Waals surface area contributed by atoms with Crippen LogP contribution in [0.3, 0.4) is 0 Å². The van der Waals surface area contributed by atoms with Gasteiger partial charge in [0.2, 0.25) is 0 Å². The molecule has 0 fully saturated rings. The molecule has 94 valence electrons. The zero-order valence-corrected chi connectivity index (χ0v) is 12.3. The first-order valence-corrected chi connectivity index (χ1v) is 9.94. The third kappa shape index (κ3) is 3.87. The lowest BCUT2D eigenvalue weighted by Gasteiger charge is -2.23. The molecule has 0 amide bonds. The monoisotopic (exact) mass is 256 g/mol. The molecule has 0 aliphatic carbocycles. The normalized spacial score (nSPS) is 23.3. The van der Waals surface area contributed by atoms with Gasteiger partial charge in [-0.3, -0.25) is 0 Å². The molecular weight excluding hydrogens is 236 g/mol. The molecule has 0 unspecified atom stereocenters. The van der Waals surface area contributed by atoms with Gasteiger partial charge in [0.1, 0.15) is 14.2 Å². The second-order valence-corrected chi connectivity index (χ2v) is 10.4. The van der Waals surface area contributed by atoms with E-state index in [1.165, 1.54) is 5.56 Å². The van der Waals surface area contributed by atoms with Crippen molar-refractivity contribution in [2.75, 3.05) is 0 Å². The predicted octanol–water partition coefficient (Wildman–Crippen LogP) is 3.95. The van der Waals surface area contributed by atoms with Crippen LogP contribution in [-0.2, 0) is 4.74 Å². The van der Waals surface area contributed by atoms with Crippen molar-refractivity contribution in [1.29, 1.82) is 0 Å². The lowest BCUT2D eigenvalue weighted by atomic mass is 10.0. The third-order valence-electron chi connectivity index (χ3n) is 2.73. The van der Waals surface area contributed by atoms with Crippen molar-refractivity contribution in [2.45, 2.75) is 38.3 Å². The maximum Gasteiger partial charge on any atom is 0.136 e. The molecular formula is C16H20OSi. The van der Waals surface area contributed by atoms with Crippen LogP contribution < -0.4 is 0 Å². The maximum absolute atomic E-state index is 6.03. The van der Waals surface area contributed by atoms with E-state index < -0.39 is 8.07 Å². The summed E-state index contributed by atoms with van der Waals surface area (Å²) >= 11 is 0. The van der Waals surface area contributed by atoms with E-state index in [9.17, 15) is 0 Å². The molecule has 0 saturated heterocycles. The van der Waals surface area contributed by atoms with E-state index in [1.54, 1.807) is 0 Å². The number of hydrogen-bond donors (Lipinski definition) is 0. The van der Waals surface area contributed by atoms with Gasteiger partial charge in [-0.05, 0) is 18.1 Å². The molecule has 2 rings (SSSR count). The maximum atomic E-state index is 6.03. The highest BCUT2D eigenvalue weighted by Gasteiger charge is 2.18. The van der Waals surface area contributed by atoms with E-state index in [0.29, 0.717) is 0 Å². The molecule has 2 heteroatoms. The highest BCUT2D eigenvalue weighted by molar-refractivity contribution is 6.83. The topological polar surface area (TPSA) is 9.23 Å². The zero-order valence-electron chi connectivity index (χ0n) is 11.3. The van der Waals surface area contributed by atoms with Crippen LogP contribution in [0.4, 0.5) is 0 Å². The summed E-state index contributed by atoms with van der Waals surface area (Å²) < 4.78 is 6.03. The first-order valence-electron chi connectivity index (χ1n) is 6.44. The van der Waals surface area contributed by atoms with Gasteiger partial charge in [0.15, 0.2) is 0 Å². The SMILES string of the molecule is C[Si](C)(C)C#C[C@@H]1C=CC[C@@H](c2ccccc2)O1. The molecule has 1 aliphatic heterocycles. The van der Waals surface area contributed by atoms with Crippen molar-refractivity contribution in [2.24, 2.45) is 0 Å². The Morgan fingerprint density at radius 2 is 1.89 bits per heavy atom. The largest absolute Gasteiger partial charge is 0.353 e. The van der Waals surface area contributed by atoms with Crippen LogP contribution in [0.2, 0.25) is 19.6 Å². The second kappa shape index (κ2) is 5.56. The van der Waals surface area contributed by atoms with Crippen molar-refractivity contribution in [1.82, 2.24) is 0 Å². The molecule has 1 aromatic carbocycles. The number of rotatable bonds is 1. The van der Waals surface area contributed by atoms with Crippen molar-refractivity contribution >= 4 is 8.07 Å². The van der Waals surface area contributed by atoms with Crippen molar-refractivity contribution < 1.29 is 4.74 Å². The van der Waals surface area contributed by atoms with Crippen molar-refractivity contribution in [3.63, 3.8) is 0 Å². The fourth-order valence-corrected chi connectivity index (χ4v) is 2.43. The van der Waals surface area contributed by atoms with Crippen LogP contribution in [0.1, 0.15) is 18.1 Å². The lowest BCUT2D eigenvalue weighted by Crippen LogP contribution is -2.20. The molecule has 1 nitrogen and oxygen atoms in total. The summed E-state index contributed by atoms with van der Waals surface area (Å²) in [5, 5.41) is 0. The molecule has 0 N–H and O–H groups in total. The van der Waals surface area contributed by atoms with E-state index in [4.69, 9.17) is 4.74 Å². The Bertz CT molecular complexity index is 473. The standard InChI is InChI=1S/C16H20OSi/c1-18(2,3)13-12-15-10-7-11-16(17-15)14-8-5-4-6-9-14/h4-10,15-16H,11H2,1-3H3/t15-,16-/m0/s1. The molecule has 1 aliphatic rings. The van der Waals surface area contributed by atoms with Gasteiger partial charge in [-0.25, -0.2) is 0 Å². The average Bonchev–Trinajstić information content (AvgIpc) is 2.37. The number of ether oxygens (including phenoxy) is 1. The van der Waals surface area contributed by atoms with Crippen molar-refractivity contribution in [3.05, 3.63) is 48.0 Å². The highest BCUT2D eigenvalue weighted by Crippen LogP contribution is 2.26. The Morgan fingerprint density at radius 1 is 1.17 bits per heavy atom. The number of hydrogen-bond acceptors (Lipinski definition) is 1. The summed E-state index contributed by atoms with van der Waals surface area (Å²) in [5.41, 5.74) is 4.61. The highest BCUT2D eigenvalue weighted by atomic mass is 28.3. The minimum atomic E-state index is -1.32. The van der Waals surface area contributed by atoms with Crippen LogP contribution in [0.5, 0.6) is 0 Å². The molecule has 0 radical (unpaired) electrons. The average molecular weight is 256 g/mol. The smallest absolute Gasteiger partial charge is 0.136 e. The van der Waals surface area contributed by atoms with Crippen LogP contribution >= 0.6 is 0 Å². The van der Waals surface area contributed by atoms with E-state index in [1.807, 2.05) is 6.07 Å². The molecule has 18 heavy (non-hydrogen) atoms. The van der Waals surface area contributed by atoms with E-state index in [2.05, 4.69) is 67.5 Å². The summed E-state index contributed by atoms with van der Waals surface area (Å²) in [4.78, 5) is 0. The molecule has 2 atom stereocenters. The minimum absolute atomic E-state index is 0.0457. The summed E-state index contributed by atoms with van der Waals surface area (Å²) in [7, 11) is -1.32. The Balaban J connectivity index is 2.07. The van der Waals surface area contributed by atoms with Crippen LogP contribution in [0.15, 0.2) is 42.5 Å². The first-order chi connectivity index (χ1) is 8.54. The Morgan fingerprint density at radius 3 is 2.56 bits per heavy atom. The molecule has 1 heterocycles. The molecule has 0 saturated carbocycles. The van der Waals surface area contributed by atoms with E-state index >= 15 is 0 Å². The molecule has 0 bridgehead atoms. The van der Waals surface area contributed by atoms with E-state index in [0.717, 1.165) is 6.42 Å². The summed E-state index contributed by atoms with van der Waals surface area (Å²) in [6.45, 7) is 6.75. The number of benzene rings is 1. The summed E-state index contributed by atoms with van der Waals surface area (Å²) in [6, 6.07) is 10.4. The van der Waals surface area contributed by atoms with Gasteiger partial charge in [-0.2, -0.15) is 0 Å². The predicted molar refractivity (Wildman–Crippen MR) is 78.9 cm³/mol. The summed E-state index contributed by atoms with van der Waals surface area (Å²) in [5.74, 6) is 3.26. The van der Waals surface area contributed by atoms with Crippen molar-refractivity contribution in [3.8, 4) is 11.5 Å². The van der Waals surface area contributed by atoms with Gasteiger partial charge in [0.25, 0.3) is 0 Å². The molecule has 1 aromatic rings. The minimum Gasteiger partial charge on any atom is -0.353 e. The quantitative estimate of drug-likeness (QED) is 0.420. The zero-order chi connectivity index (χ0) is 13.0. The van der Waals surface area contributed by atoms with Crippen LogP contribution in [0.25, 0.3) is 0 Å². The Kier molecular flexibility index (Phi) is 4.06. The first kappa shape index (κ1) is 13.1. The fraction of sp³-hybridized carbons (Fsp3) is 0.375. The van der Waals surface area contributed by atoms with Gasteiger partial charge >= 0.3 is 0 Å². The van der Waals surface area contributed by atoms with Gasteiger partial charge in [0, 0.05) is 0 Å². The fourth-order valence-electron chi connectivity index (χ4n) is 1.86. The Hall–Kier alpha value is -1.30. The second-order valence-electron chi connectivity index (χ2n) is 5.64. The lowest BCUT2D eigenvalue weighted by molar-refractivity contribution is 0.0335. The van der Waals surface area contributed by atoms with Gasteiger partial charge in [0.05, 0.1) is 6.10 Å². The van der Waals surface area contributed by atoms with E-state index in [-0.39, 0.29) is 12.2 Å². The molecule has 0 spiro atoms. The third-order valence-corrected chi connectivity index (χ3v) is 3.63. The van der Waals surface area contributed by atoms with Crippen LogP contribution in [-0.4, -0.2) is 14.2 Å².